The van der Waals surface area contributed by atoms with Crippen molar-refractivity contribution in [3.63, 3.8) is 0 Å². The molecule has 0 aliphatic carbocycles. The van der Waals surface area contributed by atoms with E-state index in [1.807, 2.05) is 11.8 Å². The number of sulfonamides is 1. The molecule has 21 heavy (non-hydrogen) atoms. The summed E-state index contributed by atoms with van der Waals surface area (Å²) in [6.45, 7) is 3.87. The van der Waals surface area contributed by atoms with E-state index in [1.165, 1.54) is 4.31 Å². The average Bonchev–Trinajstić information content (AvgIpc) is 2.48. The van der Waals surface area contributed by atoms with E-state index in [-0.39, 0.29) is 12.5 Å². The van der Waals surface area contributed by atoms with Crippen molar-refractivity contribution in [2.75, 3.05) is 32.7 Å². The van der Waals surface area contributed by atoms with Gasteiger partial charge in [-0.1, -0.05) is 17.7 Å². The molecular formula is C13H20N4O3S. The Balaban J connectivity index is 2.01. The number of carbonyl (C=O) groups excluding carboxylic acids is 1. The van der Waals surface area contributed by atoms with Crippen LogP contribution in [0.4, 0.5) is 0 Å². The number of nitrogens with one attached hydrogen (secondary N) is 1. The van der Waals surface area contributed by atoms with Crippen LogP contribution >= 0.6 is 0 Å². The molecule has 0 aromatic heterocycles. The van der Waals surface area contributed by atoms with Crippen LogP contribution in [0.25, 0.3) is 0 Å². The summed E-state index contributed by atoms with van der Waals surface area (Å²) in [6.07, 6.45) is 0. The summed E-state index contributed by atoms with van der Waals surface area (Å²) in [5, 5.41) is 0. The maximum Gasteiger partial charge on any atom is 0.248 e. The molecule has 0 spiro atoms. The zero-order valence-electron chi connectivity index (χ0n) is 11.9. The third-order valence-electron chi connectivity index (χ3n) is 3.52. The first-order valence-electron chi connectivity index (χ1n) is 6.72. The minimum atomic E-state index is -3.45. The molecule has 1 amide bonds. The number of hydrogen-bond acceptors (Lipinski definition) is 5. The van der Waals surface area contributed by atoms with Crippen molar-refractivity contribution in [1.82, 2.24) is 14.6 Å². The van der Waals surface area contributed by atoms with Crippen LogP contribution in [0.15, 0.2) is 29.2 Å². The molecule has 1 aromatic rings. The first kappa shape index (κ1) is 15.9. The van der Waals surface area contributed by atoms with Gasteiger partial charge < -0.3 is 0 Å². The maximum absolute atomic E-state index is 12.5. The molecule has 3 N–H and O–H groups in total. The van der Waals surface area contributed by atoms with Gasteiger partial charge in [-0.25, -0.2) is 14.3 Å². The van der Waals surface area contributed by atoms with Gasteiger partial charge in [0.2, 0.25) is 15.9 Å². The minimum Gasteiger partial charge on any atom is -0.293 e. The van der Waals surface area contributed by atoms with Gasteiger partial charge >= 0.3 is 0 Å². The predicted octanol–water partition coefficient (Wildman–Crippen LogP) is -0.709. The summed E-state index contributed by atoms with van der Waals surface area (Å²) in [6, 6.07) is 6.82. The quantitative estimate of drug-likeness (QED) is 0.435. The summed E-state index contributed by atoms with van der Waals surface area (Å²) in [4.78, 5) is 13.4. The second kappa shape index (κ2) is 6.52. The molecule has 116 valence electrons. The number of nitrogens with two attached hydrogens (primary N) is 1. The fourth-order valence-corrected chi connectivity index (χ4v) is 3.66. The first-order valence-corrected chi connectivity index (χ1v) is 8.16. The summed E-state index contributed by atoms with van der Waals surface area (Å²) >= 11 is 0. The number of aryl methyl sites for hydroxylation is 1. The van der Waals surface area contributed by atoms with Gasteiger partial charge in [0.15, 0.2) is 0 Å². The highest BCUT2D eigenvalue weighted by Gasteiger charge is 2.28. The van der Waals surface area contributed by atoms with Crippen molar-refractivity contribution in [2.24, 2.45) is 5.84 Å². The van der Waals surface area contributed by atoms with Crippen LogP contribution in [0.3, 0.4) is 0 Å². The first-order chi connectivity index (χ1) is 9.93. The van der Waals surface area contributed by atoms with Gasteiger partial charge in [0.1, 0.15) is 0 Å². The lowest BCUT2D eigenvalue weighted by molar-refractivity contribution is -0.122. The Hall–Kier alpha value is -1.48. The summed E-state index contributed by atoms with van der Waals surface area (Å²) in [5.74, 6) is 4.77. The van der Waals surface area contributed by atoms with Gasteiger partial charge in [-0.15, -0.1) is 0 Å². The Morgan fingerprint density at radius 1 is 1.19 bits per heavy atom. The highest BCUT2D eigenvalue weighted by Crippen LogP contribution is 2.18. The summed E-state index contributed by atoms with van der Waals surface area (Å²) in [5.41, 5.74) is 3.09. The van der Waals surface area contributed by atoms with E-state index < -0.39 is 10.0 Å². The molecule has 1 fully saturated rings. The average molecular weight is 312 g/mol. The Morgan fingerprint density at radius 2 is 1.76 bits per heavy atom. The van der Waals surface area contributed by atoms with Crippen LogP contribution in [-0.4, -0.2) is 56.3 Å². The second-order valence-electron chi connectivity index (χ2n) is 5.06. The van der Waals surface area contributed by atoms with E-state index in [1.54, 1.807) is 24.3 Å². The van der Waals surface area contributed by atoms with Crippen LogP contribution in [0.2, 0.25) is 0 Å². The van der Waals surface area contributed by atoms with E-state index in [2.05, 4.69) is 5.43 Å². The molecule has 1 aromatic carbocycles. The van der Waals surface area contributed by atoms with Crippen molar-refractivity contribution >= 4 is 15.9 Å². The highest BCUT2D eigenvalue weighted by molar-refractivity contribution is 7.89. The Morgan fingerprint density at radius 3 is 2.29 bits per heavy atom. The topological polar surface area (TPSA) is 95.7 Å². The number of benzene rings is 1. The van der Waals surface area contributed by atoms with Crippen LogP contribution in [0.5, 0.6) is 0 Å². The van der Waals surface area contributed by atoms with Gasteiger partial charge in [-0.3, -0.25) is 15.1 Å². The summed E-state index contributed by atoms with van der Waals surface area (Å²) < 4.78 is 26.4. The monoisotopic (exact) mass is 312 g/mol. The lowest BCUT2D eigenvalue weighted by Gasteiger charge is -2.33. The molecule has 2 rings (SSSR count). The van der Waals surface area contributed by atoms with Crippen LogP contribution in [0.1, 0.15) is 5.56 Å². The van der Waals surface area contributed by atoms with E-state index in [0.717, 1.165) is 5.56 Å². The molecule has 1 aliphatic rings. The van der Waals surface area contributed by atoms with E-state index in [0.29, 0.717) is 31.1 Å². The van der Waals surface area contributed by atoms with Gasteiger partial charge in [0.05, 0.1) is 11.4 Å². The van der Waals surface area contributed by atoms with Crippen molar-refractivity contribution in [2.45, 2.75) is 11.8 Å². The number of carbonyl (C=O) groups is 1. The third kappa shape index (κ3) is 3.79. The Kier molecular flexibility index (Phi) is 4.94. The Labute approximate surface area is 124 Å². The predicted molar refractivity (Wildman–Crippen MR) is 78.7 cm³/mol. The van der Waals surface area contributed by atoms with Crippen LogP contribution in [-0.2, 0) is 14.8 Å². The molecule has 0 saturated carbocycles. The molecule has 0 radical (unpaired) electrons. The van der Waals surface area contributed by atoms with E-state index in [9.17, 15) is 13.2 Å². The number of hydrogen-bond donors (Lipinski definition) is 2. The van der Waals surface area contributed by atoms with Crippen molar-refractivity contribution in [1.29, 1.82) is 0 Å². The molecule has 0 bridgehead atoms. The van der Waals surface area contributed by atoms with E-state index >= 15 is 0 Å². The smallest absolute Gasteiger partial charge is 0.248 e. The fraction of sp³-hybridized carbons (Fsp3) is 0.462. The molecular weight excluding hydrogens is 292 g/mol. The lowest BCUT2D eigenvalue weighted by atomic mass is 10.2. The number of amides is 1. The van der Waals surface area contributed by atoms with E-state index in [4.69, 9.17) is 5.84 Å². The molecule has 1 heterocycles. The third-order valence-corrected chi connectivity index (χ3v) is 5.43. The van der Waals surface area contributed by atoms with Crippen molar-refractivity contribution in [3.05, 3.63) is 29.8 Å². The van der Waals surface area contributed by atoms with Gasteiger partial charge in [-0.05, 0) is 19.1 Å². The fourth-order valence-electron chi connectivity index (χ4n) is 2.24. The van der Waals surface area contributed by atoms with Crippen molar-refractivity contribution in [3.8, 4) is 0 Å². The molecule has 0 atom stereocenters. The highest BCUT2D eigenvalue weighted by atomic mass is 32.2. The maximum atomic E-state index is 12.5. The molecule has 8 heteroatoms. The van der Waals surface area contributed by atoms with Crippen LogP contribution in [0, 0.1) is 6.92 Å². The second-order valence-corrected chi connectivity index (χ2v) is 7.00. The molecule has 7 nitrogen and oxygen atoms in total. The SMILES string of the molecule is Cc1ccc(S(=O)(=O)N2CCN(CC(=O)NN)CC2)cc1. The van der Waals surface area contributed by atoms with Crippen LogP contribution < -0.4 is 11.3 Å². The zero-order valence-corrected chi connectivity index (χ0v) is 12.8. The standard InChI is InChI=1S/C13H20N4O3S/c1-11-2-4-12(5-3-11)21(19,20)17-8-6-16(7-9-17)10-13(18)15-14/h2-5H,6-10,14H2,1H3,(H,15,18). The lowest BCUT2D eigenvalue weighted by Crippen LogP contribution is -2.51. The number of hydrazine groups is 1. The minimum absolute atomic E-state index is 0.189. The van der Waals surface area contributed by atoms with Gasteiger partial charge in [0.25, 0.3) is 0 Å². The molecule has 0 unspecified atom stereocenters. The Bertz CT molecular complexity index is 592. The number of nitrogens with zero attached hydrogens (tertiary/aromatic N) is 2. The normalized spacial score (nSPS) is 17.6. The largest absolute Gasteiger partial charge is 0.293 e. The molecule has 1 saturated heterocycles. The van der Waals surface area contributed by atoms with Gasteiger partial charge in [0, 0.05) is 26.2 Å². The van der Waals surface area contributed by atoms with Gasteiger partial charge in [-0.2, -0.15) is 4.31 Å². The number of piperazine rings is 1. The summed E-state index contributed by atoms with van der Waals surface area (Å²) in [7, 11) is -3.45. The zero-order chi connectivity index (χ0) is 15.5. The van der Waals surface area contributed by atoms with Crippen molar-refractivity contribution < 1.29 is 13.2 Å². The number of rotatable bonds is 4. The molecule has 1 aliphatic heterocycles.